The molecule has 3 aromatic rings. The quantitative estimate of drug-likeness (QED) is 0.489. The van der Waals surface area contributed by atoms with Gasteiger partial charge < -0.3 is 14.2 Å². The molecular weight excluding hydrogens is 388 g/mol. The minimum absolute atomic E-state index is 0.111. The van der Waals surface area contributed by atoms with Gasteiger partial charge in [-0.3, -0.25) is 4.79 Å². The molecule has 5 nitrogen and oxygen atoms in total. The number of hydrogen-bond donors (Lipinski definition) is 0. The van der Waals surface area contributed by atoms with Crippen LogP contribution in [-0.4, -0.2) is 29.6 Å². The van der Waals surface area contributed by atoms with Crippen molar-refractivity contribution in [3.05, 3.63) is 88.2 Å². The van der Waals surface area contributed by atoms with Crippen molar-refractivity contribution in [1.82, 2.24) is 4.57 Å². The number of carbonyl (C=O) groups is 2. The summed E-state index contributed by atoms with van der Waals surface area (Å²) in [5.41, 5.74) is 5.40. The number of esters is 1. The predicted molar refractivity (Wildman–Crippen MR) is 124 cm³/mol. The topological polar surface area (TPSA) is 51.5 Å². The summed E-state index contributed by atoms with van der Waals surface area (Å²) in [6.45, 7) is 10.8. The molecular formula is C26H30N2O3. The van der Waals surface area contributed by atoms with Crippen LogP contribution in [0.3, 0.4) is 0 Å². The summed E-state index contributed by atoms with van der Waals surface area (Å²) in [7, 11) is 0. The Bertz CT molecular complexity index is 1080. The zero-order chi connectivity index (χ0) is 22.5. The normalized spacial score (nSPS) is 10.7. The van der Waals surface area contributed by atoms with Crippen molar-refractivity contribution in [1.29, 1.82) is 0 Å². The number of carbonyl (C=O) groups excluding carboxylic acids is 2. The van der Waals surface area contributed by atoms with E-state index in [2.05, 4.69) is 0 Å². The van der Waals surface area contributed by atoms with Gasteiger partial charge in [-0.25, -0.2) is 4.79 Å². The van der Waals surface area contributed by atoms with E-state index in [1.54, 1.807) is 11.8 Å². The number of nitrogens with zero attached hydrogens (tertiary/aromatic N) is 2. The second kappa shape index (κ2) is 9.65. The van der Waals surface area contributed by atoms with Crippen LogP contribution in [0.4, 0.5) is 5.69 Å². The van der Waals surface area contributed by atoms with Crippen LogP contribution in [0, 0.1) is 20.8 Å². The van der Waals surface area contributed by atoms with Crippen LogP contribution in [0.15, 0.2) is 54.6 Å². The third-order valence-electron chi connectivity index (χ3n) is 5.51. The number of rotatable bonds is 7. The highest BCUT2D eigenvalue weighted by Gasteiger charge is 2.30. The zero-order valence-corrected chi connectivity index (χ0v) is 18.9. The highest BCUT2D eigenvalue weighted by atomic mass is 16.5. The molecule has 0 unspecified atom stereocenters. The number of anilines is 1. The van der Waals surface area contributed by atoms with E-state index in [1.807, 2.05) is 86.9 Å². The van der Waals surface area contributed by atoms with Crippen LogP contribution in [0.2, 0.25) is 0 Å². The van der Waals surface area contributed by atoms with Crippen molar-refractivity contribution in [3.63, 3.8) is 0 Å². The average Bonchev–Trinajstić information content (AvgIpc) is 2.99. The van der Waals surface area contributed by atoms with Gasteiger partial charge in [0.15, 0.2) is 0 Å². The fraction of sp³-hybridized carbons (Fsp3) is 0.308. The molecule has 0 saturated heterocycles. The summed E-state index contributed by atoms with van der Waals surface area (Å²) < 4.78 is 7.24. The predicted octanol–water partition coefficient (Wildman–Crippen LogP) is 5.31. The van der Waals surface area contributed by atoms with Crippen molar-refractivity contribution in [3.8, 4) is 0 Å². The van der Waals surface area contributed by atoms with Gasteiger partial charge in [0, 0.05) is 24.5 Å². The first-order chi connectivity index (χ1) is 14.9. The van der Waals surface area contributed by atoms with Crippen molar-refractivity contribution in [2.75, 3.05) is 18.1 Å². The molecule has 0 aliphatic carbocycles. The van der Waals surface area contributed by atoms with Crippen LogP contribution in [0.25, 0.3) is 0 Å². The van der Waals surface area contributed by atoms with Gasteiger partial charge >= 0.3 is 5.97 Å². The monoisotopic (exact) mass is 418 g/mol. The van der Waals surface area contributed by atoms with Gasteiger partial charge in [-0.2, -0.15) is 0 Å². The summed E-state index contributed by atoms with van der Waals surface area (Å²) in [4.78, 5) is 28.3. The molecule has 0 radical (unpaired) electrons. The minimum Gasteiger partial charge on any atom is -0.461 e. The molecule has 5 heteroatoms. The number of ether oxygens (including phenoxy) is 1. The van der Waals surface area contributed by atoms with Crippen LogP contribution in [-0.2, 0) is 11.3 Å². The summed E-state index contributed by atoms with van der Waals surface area (Å²) in [5, 5.41) is 0. The maximum atomic E-state index is 13.7. The number of hydrogen-bond acceptors (Lipinski definition) is 3. The van der Waals surface area contributed by atoms with Gasteiger partial charge in [-0.05, 0) is 63.4 Å². The smallest absolute Gasteiger partial charge is 0.355 e. The van der Waals surface area contributed by atoms with Gasteiger partial charge in [-0.1, -0.05) is 42.5 Å². The van der Waals surface area contributed by atoms with E-state index in [9.17, 15) is 9.59 Å². The zero-order valence-electron chi connectivity index (χ0n) is 18.9. The third kappa shape index (κ3) is 4.55. The van der Waals surface area contributed by atoms with E-state index >= 15 is 0 Å². The van der Waals surface area contributed by atoms with E-state index in [4.69, 9.17) is 4.74 Å². The van der Waals surface area contributed by atoms with E-state index < -0.39 is 5.97 Å². The number of aromatic nitrogens is 1. The molecule has 1 amide bonds. The largest absolute Gasteiger partial charge is 0.461 e. The van der Waals surface area contributed by atoms with Gasteiger partial charge in [0.1, 0.15) is 5.69 Å². The van der Waals surface area contributed by atoms with Crippen molar-refractivity contribution in [2.24, 2.45) is 0 Å². The Kier molecular flexibility index (Phi) is 6.95. The van der Waals surface area contributed by atoms with Gasteiger partial charge in [0.2, 0.25) is 0 Å². The van der Waals surface area contributed by atoms with Crippen molar-refractivity contribution in [2.45, 2.75) is 41.2 Å². The summed E-state index contributed by atoms with van der Waals surface area (Å²) in [6, 6.07) is 17.8. The molecule has 0 aliphatic heterocycles. The van der Waals surface area contributed by atoms with Crippen LogP contribution < -0.4 is 4.90 Å². The Morgan fingerprint density at radius 1 is 0.968 bits per heavy atom. The molecule has 0 fully saturated rings. The first-order valence-electron chi connectivity index (χ1n) is 10.7. The first kappa shape index (κ1) is 22.3. The Morgan fingerprint density at radius 3 is 2.29 bits per heavy atom. The molecule has 162 valence electrons. The second-order valence-electron chi connectivity index (χ2n) is 7.61. The SMILES string of the molecule is CCOC(=O)c1c(C)c(C(=O)N(CC)c2cccc(C)c2)c(C)n1Cc1ccccc1. The lowest BCUT2D eigenvalue weighted by atomic mass is 10.1. The Balaban J connectivity index is 2.12. The lowest BCUT2D eigenvalue weighted by Gasteiger charge is -2.22. The van der Waals surface area contributed by atoms with E-state index in [1.165, 1.54) is 0 Å². The molecule has 1 heterocycles. The molecule has 0 bridgehead atoms. The van der Waals surface area contributed by atoms with Crippen molar-refractivity contribution < 1.29 is 14.3 Å². The maximum absolute atomic E-state index is 13.7. The molecule has 1 aromatic heterocycles. The fourth-order valence-electron chi connectivity index (χ4n) is 4.01. The summed E-state index contributed by atoms with van der Waals surface area (Å²) in [5.74, 6) is -0.517. The second-order valence-corrected chi connectivity index (χ2v) is 7.61. The van der Waals surface area contributed by atoms with Crippen LogP contribution in [0.5, 0.6) is 0 Å². The summed E-state index contributed by atoms with van der Waals surface area (Å²) >= 11 is 0. The van der Waals surface area contributed by atoms with Crippen molar-refractivity contribution >= 4 is 17.6 Å². The molecule has 0 aliphatic rings. The number of amides is 1. The third-order valence-corrected chi connectivity index (χ3v) is 5.51. The molecule has 0 N–H and O–H groups in total. The summed E-state index contributed by atoms with van der Waals surface area (Å²) in [6.07, 6.45) is 0. The molecule has 2 aromatic carbocycles. The Labute approximate surface area is 184 Å². The molecule has 0 atom stereocenters. The average molecular weight is 419 g/mol. The lowest BCUT2D eigenvalue weighted by Crippen LogP contribution is -2.31. The highest BCUT2D eigenvalue weighted by molar-refractivity contribution is 6.09. The molecule has 3 rings (SSSR count). The highest BCUT2D eigenvalue weighted by Crippen LogP contribution is 2.28. The van der Waals surface area contributed by atoms with Crippen LogP contribution in [0.1, 0.15) is 57.1 Å². The number of aryl methyl sites for hydroxylation is 1. The maximum Gasteiger partial charge on any atom is 0.355 e. The Hall–Kier alpha value is -3.34. The number of benzene rings is 2. The minimum atomic E-state index is -0.406. The lowest BCUT2D eigenvalue weighted by molar-refractivity contribution is 0.0513. The van der Waals surface area contributed by atoms with E-state index in [0.29, 0.717) is 29.9 Å². The van der Waals surface area contributed by atoms with Gasteiger partial charge in [0.05, 0.1) is 12.2 Å². The van der Waals surface area contributed by atoms with E-state index in [0.717, 1.165) is 22.5 Å². The van der Waals surface area contributed by atoms with Crippen LogP contribution >= 0.6 is 0 Å². The van der Waals surface area contributed by atoms with Gasteiger partial charge in [-0.15, -0.1) is 0 Å². The Morgan fingerprint density at radius 2 is 1.68 bits per heavy atom. The molecule has 0 saturated carbocycles. The van der Waals surface area contributed by atoms with E-state index in [-0.39, 0.29) is 12.5 Å². The van der Waals surface area contributed by atoms with Gasteiger partial charge in [0.25, 0.3) is 5.91 Å². The first-order valence-corrected chi connectivity index (χ1v) is 10.7. The molecule has 31 heavy (non-hydrogen) atoms. The standard InChI is InChI=1S/C26H30N2O3/c1-6-27(22-15-11-12-18(3)16-22)25(29)23-19(4)24(26(30)31-7-2)28(20(23)5)17-21-13-9-8-10-14-21/h8-16H,6-7,17H2,1-5H3. The molecule has 0 spiro atoms. The fourth-order valence-corrected chi connectivity index (χ4v) is 4.01.